The van der Waals surface area contributed by atoms with E-state index in [9.17, 15) is 23.1 Å². The van der Waals surface area contributed by atoms with Crippen LogP contribution < -0.4 is 0 Å². The SMILES string of the molecule is CC(N(C)C)C1(O)CN(C(=O)c2ccc(F)c(F)c2Cc2ccc(I)cc2F)C1. The first-order valence-corrected chi connectivity index (χ1v) is 10.2. The van der Waals surface area contributed by atoms with Gasteiger partial charge in [-0.15, -0.1) is 0 Å². The molecule has 1 unspecified atom stereocenters. The van der Waals surface area contributed by atoms with Crippen molar-refractivity contribution in [2.45, 2.75) is 25.0 Å². The van der Waals surface area contributed by atoms with Crippen LogP contribution in [0.5, 0.6) is 0 Å². The molecule has 3 rings (SSSR count). The van der Waals surface area contributed by atoms with Gasteiger partial charge in [-0.05, 0) is 73.4 Å². The second-order valence-electron chi connectivity index (χ2n) is 7.70. The lowest BCUT2D eigenvalue weighted by Crippen LogP contribution is -2.70. The van der Waals surface area contributed by atoms with Gasteiger partial charge in [-0.1, -0.05) is 6.07 Å². The number of benzene rings is 2. The molecule has 2 aromatic rings. The number of likely N-dealkylation sites (tertiary alicyclic amines) is 1. The molecule has 4 nitrogen and oxygen atoms in total. The van der Waals surface area contributed by atoms with Gasteiger partial charge in [-0.25, -0.2) is 13.2 Å². The van der Waals surface area contributed by atoms with E-state index in [1.165, 1.54) is 23.1 Å². The summed E-state index contributed by atoms with van der Waals surface area (Å²) in [4.78, 5) is 16.2. The molecule has 8 heteroatoms. The number of hydrogen-bond donors (Lipinski definition) is 1. The normalized spacial score (nSPS) is 16.7. The molecule has 29 heavy (non-hydrogen) atoms. The molecule has 1 heterocycles. The highest BCUT2D eigenvalue weighted by Gasteiger charge is 2.48. The topological polar surface area (TPSA) is 43.8 Å². The number of halogens is 4. The maximum absolute atomic E-state index is 14.6. The summed E-state index contributed by atoms with van der Waals surface area (Å²) < 4.78 is 43.4. The van der Waals surface area contributed by atoms with Crippen molar-refractivity contribution in [3.05, 3.63) is 68.0 Å². The number of amides is 1. The summed E-state index contributed by atoms with van der Waals surface area (Å²) >= 11 is 1.95. The zero-order chi connectivity index (χ0) is 21.5. The summed E-state index contributed by atoms with van der Waals surface area (Å²) in [5.74, 6) is -3.31. The molecule has 156 valence electrons. The summed E-state index contributed by atoms with van der Waals surface area (Å²) in [5, 5.41) is 10.7. The molecular weight excluding hydrogens is 496 g/mol. The van der Waals surface area contributed by atoms with Gasteiger partial charge in [0.05, 0.1) is 13.1 Å². The fourth-order valence-electron chi connectivity index (χ4n) is 3.49. The highest BCUT2D eigenvalue weighted by molar-refractivity contribution is 14.1. The third kappa shape index (κ3) is 4.29. The number of carbonyl (C=O) groups excluding carboxylic acids is 1. The number of β-amino-alcohol motifs (C(OH)–C–C–N with tert-alkyl or cyclic N) is 1. The Bertz CT molecular complexity index is 946. The Balaban J connectivity index is 1.89. The van der Waals surface area contributed by atoms with Gasteiger partial charge >= 0.3 is 0 Å². The van der Waals surface area contributed by atoms with Crippen molar-refractivity contribution >= 4 is 28.5 Å². The van der Waals surface area contributed by atoms with Gasteiger partial charge in [-0.2, -0.15) is 0 Å². The number of rotatable bonds is 5. The molecule has 1 atom stereocenters. The molecule has 1 saturated heterocycles. The second-order valence-corrected chi connectivity index (χ2v) is 8.95. The Morgan fingerprint density at radius 3 is 2.45 bits per heavy atom. The standard InChI is InChI=1S/C21H22F3IN2O2/c1-12(26(2)3)21(29)10-27(11-21)20(28)15-6-7-17(22)19(24)16(15)8-13-4-5-14(25)9-18(13)23/h4-7,9,12,29H,8,10-11H2,1-3H3. The highest BCUT2D eigenvalue weighted by atomic mass is 127. The van der Waals surface area contributed by atoms with Crippen LogP contribution >= 0.6 is 22.6 Å². The predicted octanol–water partition coefficient (Wildman–Crippen LogP) is 3.44. The molecule has 2 aromatic carbocycles. The zero-order valence-electron chi connectivity index (χ0n) is 16.3. The second kappa shape index (κ2) is 8.23. The molecule has 1 amide bonds. The fourth-order valence-corrected chi connectivity index (χ4v) is 3.95. The Kier molecular flexibility index (Phi) is 6.26. The summed E-state index contributed by atoms with van der Waals surface area (Å²) in [7, 11) is 3.66. The average Bonchev–Trinajstić information content (AvgIpc) is 2.63. The van der Waals surface area contributed by atoms with Gasteiger partial charge in [0.25, 0.3) is 5.91 Å². The maximum Gasteiger partial charge on any atom is 0.254 e. The Morgan fingerprint density at radius 2 is 1.86 bits per heavy atom. The molecule has 1 aliphatic heterocycles. The van der Waals surface area contributed by atoms with Crippen molar-refractivity contribution in [1.82, 2.24) is 9.80 Å². The van der Waals surface area contributed by atoms with E-state index in [1.54, 1.807) is 6.07 Å². The molecule has 0 spiro atoms. The molecule has 0 radical (unpaired) electrons. The molecule has 1 fully saturated rings. The van der Waals surface area contributed by atoms with E-state index in [2.05, 4.69) is 0 Å². The predicted molar refractivity (Wildman–Crippen MR) is 112 cm³/mol. The number of likely N-dealkylation sites (N-methyl/N-ethyl adjacent to an activating group) is 1. The molecular formula is C21H22F3IN2O2. The van der Waals surface area contributed by atoms with Crippen LogP contribution in [0.1, 0.15) is 28.4 Å². The maximum atomic E-state index is 14.6. The fraction of sp³-hybridized carbons (Fsp3) is 0.381. The van der Waals surface area contributed by atoms with Crippen LogP contribution in [0.2, 0.25) is 0 Å². The third-order valence-corrected chi connectivity index (χ3v) is 6.25. The molecule has 0 bridgehead atoms. The molecule has 1 aliphatic rings. The molecule has 0 aliphatic carbocycles. The molecule has 0 saturated carbocycles. The van der Waals surface area contributed by atoms with Gasteiger partial charge in [0, 0.05) is 27.2 Å². The summed E-state index contributed by atoms with van der Waals surface area (Å²) in [6.07, 6.45) is -0.250. The van der Waals surface area contributed by atoms with Crippen LogP contribution in [0.15, 0.2) is 30.3 Å². The zero-order valence-corrected chi connectivity index (χ0v) is 18.5. The summed E-state index contributed by atoms with van der Waals surface area (Å²) in [6.45, 7) is 2.02. The smallest absolute Gasteiger partial charge is 0.254 e. The van der Waals surface area contributed by atoms with Crippen molar-refractivity contribution in [2.24, 2.45) is 0 Å². The molecule has 0 aromatic heterocycles. The number of hydrogen-bond acceptors (Lipinski definition) is 3. The van der Waals surface area contributed by atoms with E-state index < -0.39 is 29.0 Å². The van der Waals surface area contributed by atoms with E-state index in [4.69, 9.17) is 0 Å². The molecule has 1 N–H and O–H groups in total. The van der Waals surface area contributed by atoms with Gasteiger partial charge in [0.15, 0.2) is 11.6 Å². The lowest BCUT2D eigenvalue weighted by molar-refractivity contribution is -0.120. The Morgan fingerprint density at radius 1 is 1.21 bits per heavy atom. The van der Waals surface area contributed by atoms with Crippen molar-refractivity contribution in [3.8, 4) is 0 Å². The lowest BCUT2D eigenvalue weighted by Gasteiger charge is -2.51. The van der Waals surface area contributed by atoms with Gasteiger partial charge < -0.3 is 14.9 Å². The van der Waals surface area contributed by atoms with E-state index in [0.717, 1.165) is 6.07 Å². The minimum absolute atomic E-state index is 0.0265. The monoisotopic (exact) mass is 518 g/mol. The van der Waals surface area contributed by atoms with Crippen LogP contribution in [-0.4, -0.2) is 59.6 Å². The van der Waals surface area contributed by atoms with Crippen molar-refractivity contribution in [1.29, 1.82) is 0 Å². The minimum Gasteiger partial charge on any atom is -0.385 e. The summed E-state index contributed by atoms with van der Waals surface area (Å²) in [5.41, 5.74) is -1.11. The van der Waals surface area contributed by atoms with Crippen LogP contribution in [0.4, 0.5) is 13.2 Å². The van der Waals surface area contributed by atoms with Crippen LogP contribution in [0, 0.1) is 21.0 Å². The number of carbonyl (C=O) groups is 1. The van der Waals surface area contributed by atoms with Crippen molar-refractivity contribution < 1.29 is 23.1 Å². The number of aliphatic hydroxyl groups is 1. The number of nitrogens with zero attached hydrogens (tertiary/aromatic N) is 2. The van der Waals surface area contributed by atoms with Crippen LogP contribution in [-0.2, 0) is 6.42 Å². The largest absolute Gasteiger partial charge is 0.385 e. The quantitative estimate of drug-likeness (QED) is 0.618. The van der Waals surface area contributed by atoms with Crippen LogP contribution in [0.25, 0.3) is 0 Å². The first kappa shape index (κ1) is 22.0. The minimum atomic E-state index is -1.16. The summed E-state index contributed by atoms with van der Waals surface area (Å²) in [6, 6.07) is 6.38. The average molecular weight is 518 g/mol. The first-order chi connectivity index (χ1) is 13.5. The van der Waals surface area contributed by atoms with Crippen molar-refractivity contribution in [2.75, 3.05) is 27.2 Å². The Labute approximate surface area is 181 Å². The highest BCUT2D eigenvalue weighted by Crippen LogP contribution is 2.30. The Hall–Kier alpha value is -1.65. The first-order valence-electron chi connectivity index (χ1n) is 9.12. The van der Waals surface area contributed by atoms with E-state index in [1.807, 2.05) is 48.5 Å². The third-order valence-electron chi connectivity index (χ3n) is 5.58. The van der Waals surface area contributed by atoms with Crippen molar-refractivity contribution in [3.63, 3.8) is 0 Å². The van der Waals surface area contributed by atoms with Gasteiger partial charge in [0.2, 0.25) is 0 Å². The van der Waals surface area contributed by atoms with Gasteiger partial charge in [-0.3, -0.25) is 4.79 Å². The van der Waals surface area contributed by atoms with E-state index in [-0.39, 0.29) is 42.2 Å². The van der Waals surface area contributed by atoms with Gasteiger partial charge in [0.1, 0.15) is 11.4 Å². The van der Waals surface area contributed by atoms with E-state index in [0.29, 0.717) is 3.57 Å². The van der Waals surface area contributed by atoms with Crippen LogP contribution in [0.3, 0.4) is 0 Å². The van der Waals surface area contributed by atoms with E-state index >= 15 is 0 Å². The lowest BCUT2D eigenvalue weighted by atomic mass is 9.85.